The average molecular weight is 599 g/mol. The summed E-state index contributed by atoms with van der Waals surface area (Å²) >= 11 is 0. The van der Waals surface area contributed by atoms with Crippen molar-refractivity contribution in [3.63, 3.8) is 0 Å². The Bertz CT molecular complexity index is 1260. The summed E-state index contributed by atoms with van der Waals surface area (Å²) in [6.45, 7) is 6.97. The molecule has 1 aliphatic carbocycles. The van der Waals surface area contributed by atoms with Crippen LogP contribution in [0.15, 0.2) is 24.0 Å². The second-order valence-corrected chi connectivity index (χ2v) is 13.4. The van der Waals surface area contributed by atoms with Gasteiger partial charge in [-0.25, -0.2) is 4.79 Å². The average Bonchev–Trinajstić information content (AvgIpc) is 3.66. The van der Waals surface area contributed by atoms with Crippen LogP contribution < -0.4 is 9.47 Å². The Kier molecular flexibility index (Phi) is 8.39. The fourth-order valence-corrected chi connectivity index (χ4v) is 7.86. The zero-order valence-electron chi connectivity index (χ0n) is 25.7. The number of methoxy groups -OCH3 is 1. The number of esters is 1. The number of carbonyl (C=O) groups is 2. The molecule has 10 heteroatoms. The molecule has 4 atom stereocenters. The van der Waals surface area contributed by atoms with Crippen molar-refractivity contribution < 1.29 is 38.7 Å². The predicted molar refractivity (Wildman–Crippen MR) is 158 cm³/mol. The monoisotopic (exact) mass is 598 g/mol. The maximum absolute atomic E-state index is 14.2. The van der Waals surface area contributed by atoms with Gasteiger partial charge in [0.1, 0.15) is 5.76 Å². The molecule has 4 unspecified atom stereocenters. The molecule has 0 bridgehead atoms. The second-order valence-electron chi connectivity index (χ2n) is 13.4. The van der Waals surface area contributed by atoms with Crippen molar-refractivity contribution in [2.45, 2.75) is 101 Å². The number of fused-ring (bicyclic) bond motifs is 3. The number of amides is 1. The van der Waals surface area contributed by atoms with E-state index in [0.29, 0.717) is 49.8 Å². The topological polar surface area (TPSA) is 118 Å². The van der Waals surface area contributed by atoms with Gasteiger partial charge in [-0.15, -0.1) is 0 Å². The van der Waals surface area contributed by atoms with Crippen LogP contribution in [0.1, 0.15) is 82.3 Å². The lowest BCUT2D eigenvalue weighted by molar-refractivity contribution is -0.177. The molecule has 4 aliphatic heterocycles. The van der Waals surface area contributed by atoms with Crippen LogP contribution in [0.4, 0.5) is 0 Å². The molecular weight excluding hydrogens is 552 g/mol. The number of benzene rings is 1. The zero-order valence-corrected chi connectivity index (χ0v) is 25.7. The van der Waals surface area contributed by atoms with E-state index in [2.05, 4.69) is 24.8 Å². The van der Waals surface area contributed by atoms with Crippen LogP contribution in [-0.2, 0) is 25.5 Å². The first-order valence-electron chi connectivity index (χ1n) is 16.0. The van der Waals surface area contributed by atoms with E-state index >= 15 is 0 Å². The molecule has 6 rings (SSSR count). The number of likely N-dealkylation sites (tertiary alicyclic amines) is 1. The Balaban J connectivity index is 1.31. The van der Waals surface area contributed by atoms with Crippen molar-refractivity contribution in [1.82, 2.24) is 9.80 Å². The van der Waals surface area contributed by atoms with Crippen molar-refractivity contribution in [2.24, 2.45) is 5.92 Å². The van der Waals surface area contributed by atoms with Gasteiger partial charge in [0, 0.05) is 19.6 Å². The van der Waals surface area contributed by atoms with Crippen LogP contribution in [0, 0.1) is 5.92 Å². The molecule has 0 radical (unpaired) electrons. The second kappa shape index (κ2) is 11.9. The highest BCUT2D eigenvalue weighted by Gasteiger charge is 2.59. The zero-order chi connectivity index (χ0) is 30.4. The number of hydrogen-bond donors (Lipinski definition) is 2. The van der Waals surface area contributed by atoms with Crippen LogP contribution >= 0.6 is 0 Å². The molecule has 0 saturated carbocycles. The number of rotatable bonds is 9. The van der Waals surface area contributed by atoms with Crippen LogP contribution in [0.2, 0.25) is 0 Å². The van der Waals surface area contributed by atoms with Crippen molar-refractivity contribution in [3.05, 3.63) is 35.1 Å². The fourth-order valence-electron chi connectivity index (χ4n) is 7.86. The van der Waals surface area contributed by atoms with Gasteiger partial charge < -0.3 is 34.1 Å². The minimum Gasteiger partial charge on any atom is -0.497 e. The predicted octanol–water partition coefficient (Wildman–Crippen LogP) is 3.28. The standard InChI is InChI=1S/C33H46N2O8/c1-21(2)6-4-11-33(39,19-28(37)34-13-8-23(36)9-14-34)31(38)43-30-27(40-3)18-32-10-5-12-35(32)15-7-22-16-25-26(42-20-41-25)17-24(22)29(30)32/h16-18,21,23,29-30,36,39H,4-15,19-20H2,1-3H3. The Morgan fingerprint density at radius 3 is 2.60 bits per heavy atom. The third kappa shape index (κ3) is 5.62. The number of aliphatic hydroxyl groups excluding tert-OH is 1. The summed E-state index contributed by atoms with van der Waals surface area (Å²) in [6, 6.07) is 4.08. The van der Waals surface area contributed by atoms with E-state index in [4.69, 9.17) is 18.9 Å². The van der Waals surface area contributed by atoms with Gasteiger partial charge in [0.2, 0.25) is 12.7 Å². The fraction of sp³-hybridized carbons (Fsp3) is 0.697. The van der Waals surface area contributed by atoms with Gasteiger partial charge in [-0.2, -0.15) is 0 Å². The van der Waals surface area contributed by atoms with E-state index in [1.807, 2.05) is 12.1 Å². The van der Waals surface area contributed by atoms with Crippen LogP contribution in [0.5, 0.6) is 11.5 Å². The number of nitrogens with zero attached hydrogens (tertiary/aromatic N) is 2. The van der Waals surface area contributed by atoms with E-state index in [9.17, 15) is 19.8 Å². The smallest absolute Gasteiger partial charge is 0.339 e. The maximum atomic E-state index is 14.2. The maximum Gasteiger partial charge on any atom is 0.339 e. The molecule has 2 fully saturated rings. The highest BCUT2D eigenvalue weighted by molar-refractivity contribution is 5.88. The SMILES string of the molecule is COC1=CC23CCCN2CCc2cc4c(cc2C3C1OC(=O)C(O)(CCCC(C)C)CC(=O)N1CCC(O)CC1)OCO4. The van der Waals surface area contributed by atoms with Crippen molar-refractivity contribution >= 4 is 11.9 Å². The van der Waals surface area contributed by atoms with Gasteiger partial charge in [-0.1, -0.05) is 20.3 Å². The summed E-state index contributed by atoms with van der Waals surface area (Å²) in [7, 11) is 1.59. The van der Waals surface area contributed by atoms with Crippen LogP contribution in [0.3, 0.4) is 0 Å². The summed E-state index contributed by atoms with van der Waals surface area (Å²) in [6.07, 6.45) is 5.83. The first-order chi connectivity index (χ1) is 20.6. The van der Waals surface area contributed by atoms with Gasteiger partial charge in [0.05, 0.1) is 31.1 Å². The van der Waals surface area contributed by atoms with Crippen molar-refractivity contribution in [2.75, 3.05) is 40.1 Å². The van der Waals surface area contributed by atoms with Crippen LogP contribution in [-0.4, -0.2) is 95.3 Å². The van der Waals surface area contributed by atoms with E-state index in [1.54, 1.807) is 12.0 Å². The minimum atomic E-state index is -1.98. The van der Waals surface area contributed by atoms with E-state index in [-0.39, 0.29) is 31.5 Å². The third-order valence-electron chi connectivity index (χ3n) is 10.2. The van der Waals surface area contributed by atoms with Gasteiger partial charge >= 0.3 is 5.97 Å². The van der Waals surface area contributed by atoms with Crippen molar-refractivity contribution in [1.29, 1.82) is 0 Å². The number of piperidine rings is 1. The van der Waals surface area contributed by atoms with E-state index < -0.39 is 29.3 Å². The summed E-state index contributed by atoms with van der Waals surface area (Å²) in [4.78, 5) is 31.6. The molecule has 2 N–H and O–H groups in total. The largest absolute Gasteiger partial charge is 0.497 e. The number of carbonyl (C=O) groups excluding carboxylic acids is 2. The number of ether oxygens (including phenoxy) is 4. The molecule has 4 heterocycles. The van der Waals surface area contributed by atoms with E-state index in [1.165, 1.54) is 0 Å². The third-order valence-corrected chi connectivity index (χ3v) is 10.2. The normalized spacial score (nSPS) is 28.0. The highest BCUT2D eigenvalue weighted by atomic mass is 16.7. The molecule has 2 saturated heterocycles. The van der Waals surface area contributed by atoms with Crippen molar-refractivity contribution in [3.8, 4) is 11.5 Å². The minimum absolute atomic E-state index is 0.127. The van der Waals surface area contributed by atoms with Gasteiger partial charge in [-0.05, 0) is 86.7 Å². The first-order valence-corrected chi connectivity index (χ1v) is 16.0. The molecule has 236 valence electrons. The Morgan fingerprint density at radius 2 is 1.88 bits per heavy atom. The lowest BCUT2D eigenvalue weighted by Crippen LogP contribution is -2.51. The lowest BCUT2D eigenvalue weighted by atomic mass is 9.77. The Labute approximate surface area is 253 Å². The van der Waals surface area contributed by atoms with E-state index in [0.717, 1.165) is 55.6 Å². The molecule has 10 nitrogen and oxygen atoms in total. The Morgan fingerprint density at radius 1 is 1.14 bits per heavy atom. The molecule has 1 aromatic rings. The summed E-state index contributed by atoms with van der Waals surface area (Å²) in [5.41, 5.74) is -0.199. The number of hydrogen-bond acceptors (Lipinski definition) is 9. The summed E-state index contributed by atoms with van der Waals surface area (Å²) < 4.78 is 23.7. The Hall–Kier alpha value is -2.82. The van der Waals surface area contributed by atoms with Crippen LogP contribution in [0.25, 0.3) is 0 Å². The molecule has 5 aliphatic rings. The quantitative estimate of drug-likeness (QED) is 0.413. The lowest BCUT2D eigenvalue weighted by Gasteiger charge is -2.40. The molecule has 0 aromatic heterocycles. The molecule has 43 heavy (non-hydrogen) atoms. The highest BCUT2D eigenvalue weighted by Crippen LogP contribution is 2.55. The van der Waals surface area contributed by atoms with Gasteiger partial charge in [0.15, 0.2) is 23.2 Å². The molecule has 1 aromatic carbocycles. The molecular formula is C33H46N2O8. The molecule has 1 amide bonds. The molecule has 1 spiro atoms. The first kappa shape index (κ1) is 30.2. The summed E-state index contributed by atoms with van der Waals surface area (Å²) in [5, 5.41) is 21.9. The van der Waals surface area contributed by atoms with Gasteiger partial charge in [0.25, 0.3) is 0 Å². The summed E-state index contributed by atoms with van der Waals surface area (Å²) in [5.74, 6) is 1.01. The number of aliphatic hydroxyl groups is 2. The van der Waals surface area contributed by atoms with Gasteiger partial charge in [-0.3, -0.25) is 9.69 Å².